The van der Waals surface area contributed by atoms with E-state index in [0.717, 1.165) is 16.7 Å². The Bertz CT molecular complexity index is 1250. The number of fused-ring (bicyclic) bond motifs is 1. The number of nitrogens with one attached hydrogen (secondary N) is 3. The number of hydrogen-bond acceptors (Lipinski definition) is 8. The Hall–Kier alpha value is -3.60. The minimum absolute atomic E-state index is 0.00901. The number of amides is 1. The van der Waals surface area contributed by atoms with E-state index in [1.807, 2.05) is 0 Å². The molecule has 3 N–H and O–H groups in total. The highest BCUT2D eigenvalue weighted by Crippen LogP contribution is 2.34. The summed E-state index contributed by atoms with van der Waals surface area (Å²) >= 11 is 0. The predicted molar refractivity (Wildman–Crippen MR) is 113 cm³/mol. The summed E-state index contributed by atoms with van der Waals surface area (Å²) in [4.78, 5) is 19.4. The van der Waals surface area contributed by atoms with Gasteiger partial charge in [-0.25, -0.2) is 27.9 Å². The fraction of sp³-hybridized carbons (Fsp3) is 0.500. The number of imidazole rings is 1. The third kappa shape index (κ3) is 6.40. The first-order valence-corrected chi connectivity index (χ1v) is 10.8. The van der Waals surface area contributed by atoms with Crippen molar-refractivity contribution < 1.29 is 45.3 Å². The number of alkyl carbamates (subject to hydrolysis) is 1. The number of rotatable bonds is 8. The van der Waals surface area contributed by atoms with Gasteiger partial charge in [0.2, 0.25) is 5.95 Å². The molecular formula is C20H21F6N7O4. The molecule has 4 heterocycles. The Morgan fingerprint density at radius 2 is 2.05 bits per heavy atom. The second kappa shape index (κ2) is 10.4. The molecule has 0 spiro atoms. The van der Waals surface area contributed by atoms with Crippen LogP contribution in [-0.2, 0) is 20.8 Å². The van der Waals surface area contributed by atoms with Crippen LogP contribution in [0.4, 0.5) is 42.9 Å². The molecule has 202 valence electrons. The van der Waals surface area contributed by atoms with E-state index in [1.165, 1.54) is 6.07 Å². The van der Waals surface area contributed by atoms with Gasteiger partial charge >= 0.3 is 12.5 Å². The van der Waals surface area contributed by atoms with E-state index >= 15 is 0 Å². The molecule has 0 aliphatic carbocycles. The molecule has 1 fully saturated rings. The third-order valence-corrected chi connectivity index (χ3v) is 5.02. The van der Waals surface area contributed by atoms with Gasteiger partial charge in [0, 0.05) is 24.4 Å². The van der Waals surface area contributed by atoms with Crippen molar-refractivity contribution in [2.75, 3.05) is 11.9 Å². The van der Waals surface area contributed by atoms with Gasteiger partial charge in [-0.1, -0.05) is 0 Å². The predicted octanol–water partition coefficient (Wildman–Crippen LogP) is 4.08. The zero-order chi connectivity index (χ0) is 26.9. The Morgan fingerprint density at radius 1 is 1.30 bits per heavy atom. The summed E-state index contributed by atoms with van der Waals surface area (Å²) in [7, 11) is 0. The summed E-state index contributed by atoms with van der Waals surface area (Å²) in [5.41, 5.74) is -0.853. The Morgan fingerprint density at radius 3 is 2.73 bits per heavy atom. The lowest BCUT2D eigenvalue weighted by Gasteiger charge is -2.16. The largest absolute Gasteiger partial charge is 0.522 e. The van der Waals surface area contributed by atoms with Crippen molar-refractivity contribution in [1.82, 2.24) is 29.9 Å². The summed E-state index contributed by atoms with van der Waals surface area (Å²) in [6, 6.07) is 2.02. The molecule has 11 nitrogen and oxygen atoms in total. The van der Waals surface area contributed by atoms with Crippen LogP contribution >= 0.6 is 0 Å². The van der Waals surface area contributed by atoms with Gasteiger partial charge in [0.1, 0.15) is 17.4 Å². The summed E-state index contributed by atoms with van der Waals surface area (Å²) in [5.74, 6) is -0.234. The van der Waals surface area contributed by atoms with Gasteiger partial charge in [-0.15, -0.1) is 13.2 Å². The summed E-state index contributed by atoms with van der Waals surface area (Å²) in [6.45, 7) is 2.26. The van der Waals surface area contributed by atoms with E-state index in [4.69, 9.17) is 9.47 Å². The fourth-order valence-corrected chi connectivity index (χ4v) is 3.49. The molecule has 3 atom stereocenters. The number of alkyl halides is 6. The van der Waals surface area contributed by atoms with Gasteiger partial charge in [0.15, 0.2) is 18.1 Å². The molecule has 3 aromatic heterocycles. The number of nitrogens with zero attached hydrogens (tertiary/aromatic N) is 4. The quantitative estimate of drug-likeness (QED) is 0.367. The van der Waals surface area contributed by atoms with Crippen LogP contribution in [0.25, 0.3) is 5.65 Å². The van der Waals surface area contributed by atoms with E-state index < -0.39 is 49.6 Å². The average molecular weight is 537 g/mol. The second-order valence-electron chi connectivity index (χ2n) is 8.27. The molecule has 1 amide bonds. The van der Waals surface area contributed by atoms with Crippen molar-refractivity contribution in [1.29, 1.82) is 0 Å². The first-order chi connectivity index (χ1) is 17.4. The van der Waals surface area contributed by atoms with E-state index in [1.54, 1.807) is 13.8 Å². The zero-order valence-corrected chi connectivity index (χ0v) is 19.2. The maximum absolute atomic E-state index is 14.9. The number of halogens is 6. The molecule has 4 rings (SSSR count). The van der Waals surface area contributed by atoms with E-state index in [2.05, 4.69) is 35.5 Å². The lowest BCUT2D eigenvalue weighted by Crippen LogP contribution is -2.36. The van der Waals surface area contributed by atoms with Gasteiger partial charge in [-0.3, -0.25) is 14.2 Å². The molecule has 1 saturated heterocycles. The standard InChI is InChI=1S/C20H21F6N7O4/c1-8(2)27-19(34)37-12-7-35-16(15(12)21)10-3-13(32-31-10)30-18-29-11(17(22)23)4-14-28-9(5-33(14)18)6-36-20(24,25)26/h3-5,8,12,15-17H,6-7H2,1-2H3,(H,27,34)(H2,29,30,31,32)/t12-,15+,16-/m0/s1. The highest BCUT2D eigenvalue weighted by Gasteiger charge is 2.42. The molecule has 0 radical (unpaired) electrons. The molecular weight excluding hydrogens is 516 g/mol. The van der Waals surface area contributed by atoms with Crippen LogP contribution in [0.5, 0.6) is 0 Å². The van der Waals surface area contributed by atoms with E-state index in [-0.39, 0.29) is 41.4 Å². The number of hydrogen-bond donors (Lipinski definition) is 3. The SMILES string of the molecule is CC(C)NC(=O)O[C@H]1CO[C@@H](c2cc(Nc3nc(C(F)F)cc4nc(COC(F)(F)F)cn34)n[nH]2)[C@@H]1F. The van der Waals surface area contributed by atoms with E-state index in [9.17, 15) is 31.1 Å². The molecule has 0 bridgehead atoms. The number of carbonyl (C=O) groups excluding carboxylic acids is 1. The van der Waals surface area contributed by atoms with Crippen LogP contribution in [0.15, 0.2) is 18.3 Å². The molecule has 37 heavy (non-hydrogen) atoms. The minimum atomic E-state index is -4.91. The number of aromatic amines is 1. The molecule has 1 aliphatic heterocycles. The van der Waals surface area contributed by atoms with Crippen LogP contribution < -0.4 is 10.6 Å². The van der Waals surface area contributed by atoms with Crippen molar-refractivity contribution >= 4 is 23.5 Å². The van der Waals surface area contributed by atoms with Crippen LogP contribution in [0.1, 0.15) is 43.5 Å². The Kier molecular flexibility index (Phi) is 7.44. The van der Waals surface area contributed by atoms with Crippen LogP contribution in [0.3, 0.4) is 0 Å². The van der Waals surface area contributed by atoms with Gasteiger partial charge in [0.25, 0.3) is 6.43 Å². The zero-order valence-electron chi connectivity index (χ0n) is 19.2. The van der Waals surface area contributed by atoms with Gasteiger partial charge in [-0.2, -0.15) is 5.10 Å². The summed E-state index contributed by atoms with van der Waals surface area (Å²) in [5, 5.41) is 11.6. The fourth-order valence-electron chi connectivity index (χ4n) is 3.49. The number of ether oxygens (including phenoxy) is 3. The second-order valence-corrected chi connectivity index (χ2v) is 8.27. The molecule has 3 aromatic rings. The molecule has 1 aliphatic rings. The summed E-state index contributed by atoms with van der Waals surface area (Å²) in [6.07, 6.45) is -11.7. The number of H-pyrrole nitrogens is 1. The number of anilines is 2. The molecule has 0 aromatic carbocycles. The van der Waals surface area contributed by atoms with Crippen molar-refractivity contribution in [3.63, 3.8) is 0 Å². The monoisotopic (exact) mass is 537 g/mol. The normalized spacial score (nSPS) is 20.2. The van der Waals surface area contributed by atoms with Gasteiger partial charge < -0.3 is 20.1 Å². The smallest absolute Gasteiger partial charge is 0.441 e. The topological polar surface area (TPSA) is 128 Å². The van der Waals surface area contributed by atoms with Crippen molar-refractivity contribution in [2.24, 2.45) is 0 Å². The summed E-state index contributed by atoms with van der Waals surface area (Å²) < 4.78 is 94.0. The Labute approximate surface area is 204 Å². The van der Waals surface area contributed by atoms with Crippen LogP contribution in [-0.4, -0.2) is 61.9 Å². The molecule has 17 heteroatoms. The van der Waals surface area contributed by atoms with Crippen molar-refractivity contribution in [3.8, 4) is 0 Å². The minimum Gasteiger partial charge on any atom is -0.441 e. The third-order valence-electron chi connectivity index (χ3n) is 5.02. The lowest BCUT2D eigenvalue weighted by atomic mass is 10.1. The molecule has 0 unspecified atom stereocenters. The van der Waals surface area contributed by atoms with Crippen LogP contribution in [0, 0.1) is 0 Å². The highest BCUT2D eigenvalue weighted by atomic mass is 19.4. The number of aromatic nitrogens is 5. The first-order valence-electron chi connectivity index (χ1n) is 10.8. The number of carbonyl (C=O) groups is 1. The van der Waals surface area contributed by atoms with Gasteiger partial charge in [0.05, 0.1) is 24.6 Å². The molecule has 0 saturated carbocycles. The maximum atomic E-state index is 14.9. The highest BCUT2D eigenvalue weighted by molar-refractivity contribution is 5.67. The first kappa shape index (κ1) is 26.5. The van der Waals surface area contributed by atoms with Crippen molar-refractivity contribution in [2.45, 2.75) is 57.7 Å². The van der Waals surface area contributed by atoms with Crippen molar-refractivity contribution in [3.05, 3.63) is 35.4 Å². The van der Waals surface area contributed by atoms with E-state index in [0.29, 0.717) is 0 Å². The lowest BCUT2D eigenvalue weighted by molar-refractivity contribution is -0.330. The van der Waals surface area contributed by atoms with Crippen LogP contribution in [0.2, 0.25) is 0 Å². The van der Waals surface area contributed by atoms with Gasteiger partial charge in [-0.05, 0) is 13.8 Å². The average Bonchev–Trinajstić information content (AvgIpc) is 3.50. The maximum Gasteiger partial charge on any atom is 0.522 e. The Balaban J connectivity index is 1.51.